The molecule has 1 fully saturated rings. The third kappa shape index (κ3) is 3.09. The summed E-state index contributed by atoms with van der Waals surface area (Å²) in [5.41, 5.74) is 3.43. The number of non-ortho nitro benzene ring substituents is 1. The van der Waals surface area contributed by atoms with Gasteiger partial charge >= 0.3 is 6.03 Å². The molecule has 2 N–H and O–H groups in total. The predicted molar refractivity (Wildman–Crippen MR) is 108 cm³/mol. The summed E-state index contributed by atoms with van der Waals surface area (Å²) in [4.78, 5) is 27.8. The topological polar surface area (TPSA) is 90.8 Å². The zero-order valence-corrected chi connectivity index (χ0v) is 16.8. The molecular weight excluding hydrogens is 358 g/mol. The largest absolute Gasteiger partial charge is 0.384 e. The standard InChI is InChI=1S/C20H29N5O3/c1-4-24(5-2)20(26)22-13-7-15-16-8-14(25(27)28)9-17-19(16)12(10-21-17)6-18(15)23(3)11-13/h8-9,12-13,15,18,21H,4-7,10-11H2,1-3H3,(H,22,26)/t12?,13-,15?,18-/m1/s1. The van der Waals surface area contributed by atoms with Crippen LogP contribution < -0.4 is 10.6 Å². The van der Waals surface area contributed by atoms with Crippen molar-refractivity contribution < 1.29 is 9.72 Å². The second-order valence-corrected chi connectivity index (χ2v) is 8.23. The van der Waals surface area contributed by atoms with Gasteiger partial charge in [-0.05, 0) is 44.9 Å². The van der Waals surface area contributed by atoms with Crippen molar-refractivity contribution in [2.75, 3.05) is 38.5 Å². The number of amides is 2. The molecule has 0 radical (unpaired) electrons. The van der Waals surface area contributed by atoms with Crippen molar-refractivity contribution in [1.82, 2.24) is 15.1 Å². The minimum absolute atomic E-state index is 0.0264. The highest BCUT2D eigenvalue weighted by Crippen LogP contribution is 2.51. The highest BCUT2D eigenvalue weighted by Gasteiger charge is 2.45. The van der Waals surface area contributed by atoms with E-state index in [4.69, 9.17) is 0 Å². The first kappa shape index (κ1) is 19.0. The second-order valence-electron chi connectivity index (χ2n) is 8.23. The number of piperidine rings is 1. The van der Waals surface area contributed by atoms with Crippen LogP contribution in [0.4, 0.5) is 16.2 Å². The number of likely N-dealkylation sites (tertiary alicyclic amines) is 1. The number of hydrogen-bond donors (Lipinski definition) is 2. The Balaban J connectivity index is 1.63. The molecule has 1 aromatic carbocycles. The molecule has 3 aliphatic rings. The van der Waals surface area contributed by atoms with Crippen molar-refractivity contribution in [3.63, 3.8) is 0 Å². The molecular formula is C20H29N5O3. The molecule has 1 aromatic rings. The van der Waals surface area contributed by atoms with Crippen molar-refractivity contribution in [3.05, 3.63) is 33.4 Å². The van der Waals surface area contributed by atoms with Crippen LogP contribution in [0.1, 0.15) is 49.7 Å². The number of rotatable bonds is 4. The van der Waals surface area contributed by atoms with E-state index in [0.29, 0.717) is 25.0 Å². The maximum Gasteiger partial charge on any atom is 0.317 e. The average Bonchev–Trinajstić information content (AvgIpc) is 3.07. The predicted octanol–water partition coefficient (Wildman–Crippen LogP) is 2.72. The molecule has 2 amide bonds. The van der Waals surface area contributed by atoms with Gasteiger partial charge in [-0.1, -0.05) is 0 Å². The summed E-state index contributed by atoms with van der Waals surface area (Å²) in [7, 11) is 2.11. The minimum Gasteiger partial charge on any atom is -0.384 e. The zero-order valence-electron chi connectivity index (χ0n) is 16.8. The third-order valence-electron chi connectivity index (χ3n) is 6.74. The van der Waals surface area contributed by atoms with E-state index in [-0.39, 0.29) is 28.6 Å². The van der Waals surface area contributed by atoms with Gasteiger partial charge in [0.25, 0.3) is 5.69 Å². The van der Waals surface area contributed by atoms with E-state index in [0.717, 1.165) is 37.2 Å². The van der Waals surface area contributed by atoms with Crippen molar-refractivity contribution in [2.24, 2.45) is 0 Å². The van der Waals surface area contributed by atoms with Gasteiger partial charge in [0.05, 0.1) is 4.92 Å². The molecule has 0 bridgehead atoms. The summed E-state index contributed by atoms with van der Waals surface area (Å²) in [5.74, 6) is 0.613. The van der Waals surface area contributed by atoms with E-state index in [9.17, 15) is 14.9 Å². The Kier molecular flexibility index (Phi) is 4.91. The van der Waals surface area contributed by atoms with E-state index in [1.165, 1.54) is 5.56 Å². The molecule has 2 unspecified atom stereocenters. The quantitative estimate of drug-likeness (QED) is 0.612. The van der Waals surface area contributed by atoms with E-state index >= 15 is 0 Å². The van der Waals surface area contributed by atoms with Crippen molar-refractivity contribution in [1.29, 1.82) is 0 Å². The van der Waals surface area contributed by atoms with Gasteiger partial charge in [0, 0.05) is 67.9 Å². The number of anilines is 1. The van der Waals surface area contributed by atoms with Gasteiger partial charge in [-0.2, -0.15) is 0 Å². The molecule has 0 saturated carbocycles. The fourth-order valence-electron chi connectivity index (χ4n) is 5.39. The Morgan fingerprint density at radius 2 is 2.11 bits per heavy atom. The average molecular weight is 387 g/mol. The van der Waals surface area contributed by atoms with Gasteiger partial charge in [0.15, 0.2) is 0 Å². The normalized spacial score (nSPS) is 28.1. The van der Waals surface area contributed by atoms with Crippen LogP contribution in [0, 0.1) is 10.1 Å². The van der Waals surface area contributed by atoms with Crippen LogP contribution in [0.3, 0.4) is 0 Å². The number of urea groups is 1. The molecule has 2 heterocycles. The Morgan fingerprint density at radius 3 is 2.79 bits per heavy atom. The maximum atomic E-state index is 12.5. The first-order valence-corrected chi connectivity index (χ1v) is 10.2. The summed E-state index contributed by atoms with van der Waals surface area (Å²) < 4.78 is 0. The van der Waals surface area contributed by atoms with Crippen LogP contribution in [-0.4, -0.2) is 66.1 Å². The first-order valence-electron chi connectivity index (χ1n) is 10.2. The molecule has 8 nitrogen and oxygen atoms in total. The molecule has 28 heavy (non-hydrogen) atoms. The zero-order chi connectivity index (χ0) is 20.0. The Morgan fingerprint density at radius 1 is 1.36 bits per heavy atom. The van der Waals surface area contributed by atoms with Crippen LogP contribution in [0.25, 0.3) is 0 Å². The van der Waals surface area contributed by atoms with Crippen molar-refractivity contribution in [2.45, 2.75) is 50.6 Å². The summed E-state index contributed by atoms with van der Waals surface area (Å²) in [6.07, 6.45) is 1.88. The fraction of sp³-hybridized carbons (Fsp3) is 0.650. The lowest BCUT2D eigenvalue weighted by Crippen LogP contribution is -2.56. The first-order chi connectivity index (χ1) is 13.4. The molecule has 8 heteroatoms. The van der Waals surface area contributed by atoms with E-state index in [1.54, 1.807) is 17.0 Å². The summed E-state index contributed by atoms with van der Waals surface area (Å²) in [6, 6.07) is 3.82. The molecule has 152 valence electrons. The summed E-state index contributed by atoms with van der Waals surface area (Å²) >= 11 is 0. The van der Waals surface area contributed by atoms with Crippen molar-refractivity contribution >= 4 is 17.4 Å². The Bertz CT molecular complexity index is 794. The number of benzene rings is 1. The SMILES string of the molecule is CCN(CC)C(=O)N[C@@H]1CC2c3cc([N+](=O)[O-])cc4c3C(CN4)C[C@H]2N(C)C1. The van der Waals surface area contributed by atoms with Crippen LogP contribution >= 0.6 is 0 Å². The lowest BCUT2D eigenvalue weighted by atomic mass is 9.69. The molecule has 4 atom stereocenters. The van der Waals surface area contributed by atoms with E-state index in [1.807, 2.05) is 13.8 Å². The molecule has 0 aromatic heterocycles. The van der Waals surface area contributed by atoms with Gasteiger partial charge in [-0.15, -0.1) is 0 Å². The second kappa shape index (κ2) is 7.24. The fourth-order valence-corrected chi connectivity index (χ4v) is 5.39. The highest BCUT2D eigenvalue weighted by atomic mass is 16.6. The highest BCUT2D eigenvalue weighted by molar-refractivity contribution is 5.74. The number of fused-ring (bicyclic) bond motifs is 2. The van der Waals surface area contributed by atoms with Crippen molar-refractivity contribution in [3.8, 4) is 0 Å². The van der Waals surface area contributed by atoms with Gasteiger partial charge in [-0.25, -0.2) is 4.79 Å². The lowest BCUT2D eigenvalue weighted by Gasteiger charge is -2.47. The number of nitro benzene ring substituents is 1. The molecule has 1 saturated heterocycles. The number of hydrogen-bond acceptors (Lipinski definition) is 5. The van der Waals surface area contributed by atoms with Gasteiger partial charge in [0.1, 0.15) is 0 Å². The lowest BCUT2D eigenvalue weighted by molar-refractivity contribution is -0.384. The number of carbonyl (C=O) groups is 1. The Labute approximate surface area is 165 Å². The van der Waals surface area contributed by atoms with Crippen LogP contribution in [-0.2, 0) is 0 Å². The third-order valence-corrected chi connectivity index (χ3v) is 6.74. The number of nitro groups is 1. The van der Waals surface area contributed by atoms with E-state index < -0.39 is 0 Å². The number of nitrogens with zero attached hydrogens (tertiary/aromatic N) is 3. The number of carbonyl (C=O) groups excluding carboxylic acids is 1. The minimum atomic E-state index is -0.304. The number of nitrogens with one attached hydrogen (secondary N) is 2. The Hall–Kier alpha value is -2.35. The molecule has 2 aliphatic heterocycles. The molecule has 0 spiro atoms. The van der Waals surface area contributed by atoms with Crippen LogP contribution in [0.15, 0.2) is 12.1 Å². The summed E-state index contributed by atoms with van der Waals surface area (Å²) in [5, 5.41) is 18.0. The monoisotopic (exact) mass is 387 g/mol. The molecule has 1 aliphatic carbocycles. The molecule has 4 rings (SSSR count). The van der Waals surface area contributed by atoms with Gasteiger partial charge in [-0.3, -0.25) is 10.1 Å². The van der Waals surface area contributed by atoms with E-state index in [2.05, 4.69) is 22.6 Å². The summed E-state index contributed by atoms with van der Waals surface area (Å²) in [6.45, 7) is 6.99. The van der Waals surface area contributed by atoms with Gasteiger partial charge < -0.3 is 20.4 Å². The smallest absolute Gasteiger partial charge is 0.317 e. The maximum absolute atomic E-state index is 12.5. The number of likely N-dealkylation sites (N-methyl/N-ethyl adjacent to an activating group) is 1. The van der Waals surface area contributed by atoms with Crippen LogP contribution in [0.2, 0.25) is 0 Å². The van der Waals surface area contributed by atoms with Crippen LogP contribution in [0.5, 0.6) is 0 Å². The van der Waals surface area contributed by atoms with Gasteiger partial charge in [0.2, 0.25) is 0 Å².